The predicted molar refractivity (Wildman–Crippen MR) is 102 cm³/mol. The smallest absolute Gasteiger partial charge is 0.416 e. The van der Waals surface area contributed by atoms with Gasteiger partial charge in [-0.2, -0.15) is 13.2 Å². The van der Waals surface area contributed by atoms with Crippen molar-refractivity contribution in [3.63, 3.8) is 0 Å². The third-order valence-electron chi connectivity index (χ3n) is 4.02. The van der Waals surface area contributed by atoms with Gasteiger partial charge in [-0.25, -0.2) is 0 Å². The fourth-order valence-corrected chi connectivity index (χ4v) is 2.63. The third kappa shape index (κ3) is 4.43. The number of anilines is 3. The Hall–Kier alpha value is -3.48. The second-order valence-corrected chi connectivity index (χ2v) is 5.90. The van der Waals surface area contributed by atoms with Crippen LogP contribution < -0.4 is 15.4 Å². The highest BCUT2D eigenvalue weighted by atomic mass is 19.4. The van der Waals surface area contributed by atoms with E-state index in [1.54, 1.807) is 48.5 Å². The Morgan fingerprint density at radius 1 is 0.857 bits per heavy atom. The number of hydrogen-bond acceptors (Lipinski definition) is 3. The number of alkyl halides is 3. The van der Waals surface area contributed by atoms with E-state index < -0.39 is 11.7 Å². The molecule has 3 aromatic carbocycles. The van der Waals surface area contributed by atoms with Gasteiger partial charge in [0.2, 0.25) is 0 Å². The number of para-hydroxylation sites is 3. The highest BCUT2D eigenvalue weighted by Gasteiger charge is 2.30. The molecule has 144 valence electrons. The molecule has 0 saturated heterocycles. The molecule has 0 aromatic heterocycles. The Labute approximate surface area is 160 Å². The Bertz CT molecular complexity index is 970. The quantitative estimate of drug-likeness (QED) is 0.591. The van der Waals surface area contributed by atoms with Gasteiger partial charge in [-0.05, 0) is 48.5 Å². The standard InChI is InChI=1S/C21H17F3N2O2/c1-28-19-9-5-4-8-18(19)26-20(27)16-6-2-3-7-17(16)25-15-12-10-14(11-13-15)21(22,23)24/h2-13,25H,1H3,(H,26,27). The van der Waals surface area contributed by atoms with E-state index in [0.717, 1.165) is 12.1 Å². The maximum atomic E-state index is 12.7. The maximum absolute atomic E-state index is 12.7. The summed E-state index contributed by atoms with van der Waals surface area (Å²) in [4.78, 5) is 12.7. The van der Waals surface area contributed by atoms with Gasteiger partial charge in [0.15, 0.2) is 0 Å². The lowest BCUT2D eigenvalue weighted by Crippen LogP contribution is -2.14. The van der Waals surface area contributed by atoms with E-state index in [2.05, 4.69) is 10.6 Å². The number of amides is 1. The van der Waals surface area contributed by atoms with Crippen LogP contribution in [0, 0.1) is 0 Å². The van der Waals surface area contributed by atoms with Gasteiger partial charge in [-0.1, -0.05) is 24.3 Å². The summed E-state index contributed by atoms with van der Waals surface area (Å²) in [6.07, 6.45) is -4.40. The molecule has 0 saturated carbocycles. The van der Waals surface area contributed by atoms with Gasteiger partial charge < -0.3 is 15.4 Å². The summed E-state index contributed by atoms with van der Waals surface area (Å²) in [5.74, 6) is 0.142. The van der Waals surface area contributed by atoms with Crippen LogP contribution in [0.15, 0.2) is 72.8 Å². The van der Waals surface area contributed by atoms with E-state index in [4.69, 9.17) is 4.74 Å². The minimum Gasteiger partial charge on any atom is -0.495 e. The predicted octanol–water partition coefficient (Wildman–Crippen LogP) is 5.71. The molecule has 0 aliphatic heterocycles. The van der Waals surface area contributed by atoms with Crippen molar-refractivity contribution in [2.24, 2.45) is 0 Å². The fourth-order valence-electron chi connectivity index (χ4n) is 2.63. The minimum absolute atomic E-state index is 0.341. The van der Waals surface area contributed by atoms with Gasteiger partial charge in [0.1, 0.15) is 5.75 Å². The molecule has 0 heterocycles. The minimum atomic E-state index is -4.40. The summed E-state index contributed by atoms with van der Waals surface area (Å²) in [7, 11) is 1.51. The first kappa shape index (κ1) is 19.3. The molecule has 0 fully saturated rings. The number of benzene rings is 3. The van der Waals surface area contributed by atoms with Crippen molar-refractivity contribution in [3.8, 4) is 5.75 Å². The summed E-state index contributed by atoms with van der Waals surface area (Å²) in [6, 6.07) is 18.3. The number of rotatable bonds is 5. The van der Waals surface area contributed by atoms with Crippen LogP contribution in [0.1, 0.15) is 15.9 Å². The third-order valence-corrected chi connectivity index (χ3v) is 4.02. The van der Waals surface area contributed by atoms with Crippen molar-refractivity contribution in [1.29, 1.82) is 0 Å². The summed E-state index contributed by atoms with van der Waals surface area (Å²) >= 11 is 0. The Morgan fingerprint density at radius 3 is 2.11 bits per heavy atom. The van der Waals surface area contributed by atoms with Gasteiger partial charge in [0, 0.05) is 5.69 Å². The van der Waals surface area contributed by atoms with E-state index in [1.165, 1.54) is 19.2 Å². The molecule has 1 amide bonds. The second-order valence-electron chi connectivity index (χ2n) is 5.90. The topological polar surface area (TPSA) is 50.4 Å². The lowest BCUT2D eigenvalue weighted by Gasteiger charge is -2.14. The summed E-state index contributed by atoms with van der Waals surface area (Å²) < 4.78 is 43.3. The van der Waals surface area contributed by atoms with Gasteiger partial charge in [0.05, 0.1) is 29.6 Å². The van der Waals surface area contributed by atoms with Crippen LogP contribution in [0.4, 0.5) is 30.2 Å². The van der Waals surface area contributed by atoms with E-state index in [1.807, 2.05) is 0 Å². The van der Waals surface area contributed by atoms with E-state index in [9.17, 15) is 18.0 Å². The highest BCUT2D eigenvalue weighted by Crippen LogP contribution is 2.31. The zero-order valence-corrected chi connectivity index (χ0v) is 14.9. The average Bonchev–Trinajstić information content (AvgIpc) is 2.68. The number of halogens is 3. The first-order chi connectivity index (χ1) is 13.4. The van der Waals surface area contributed by atoms with Crippen molar-refractivity contribution in [2.75, 3.05) is 17.7 Å². The van der Waals surface area contributed by atoms with E-state index >= 15 is 0 Å². The molecule has 2 N–H and O–H groups in total. The molecule has 0 aliphatic rings. The molecule has 0 aliphatic carbocycles. The van der Waals surface area contributed by atoms with Crippen molar-refractivity contribution in [2.45, 2.75) is 6.18 Å². The maximum Gasteiger partial charge on any atom is 0.416 e. The molecule has 4 nitrogen and oxygen atoms in total. The van der Waals surface area contributed by atoms with Crippen molar-refractivity contribution in [3.05, 3.63) is 83.9 Å². The largest absolute Gasteiger partial charge is 0.495 e. The fraction of sp³-hybridized carbons (Fsp3) is 0.0952. The average molecular weight is 386 g/mol. The van der Waals surface area contributed by atoms with Crippen LogP contribution >= 0.6 is 0 Å². The summed E-state index contributed by atoms with van der Waals surface area (Å²) in [5, 5.41) is 5.77. The van der Waals surface area contributed by atoms with Crippen molar-refractivity contribution < 1.29 is 22.7 Å². The Morgan fingerprint density at radius 2 is 1.46 bits per heavy atom. The molecule has 3 aromatic rings. The number of ether oxygens (including phenoxy) is 1. The molecule has 0 spiro atoms. The van der Waals surface area contributed by atoms with Crippen LogP contribution in [-0.4, -0.2) is 13.0 Å². The normalized spacial score (nSPS) is 11.0. The molecular weight excluding hydrogens is 369 g/mol. The molecule has 28 heavy (non-hydrogen) atoms. The van der Waals surface area contributed by atoms with Crippen LogP contribution in [-0.2, 0) is 6.18 Å². The van der Waals surface area contributed by atoms with Crippen molar-refractivity contribution in [1.82, 2.24) is 0 Å². The highest BCUT2D eigenvalue weighted by molar-refractivity contribution is 6.09. The molecular formula is C21H17F3N2O2. The summed E-state index contributed by atoms with van der Waals surface area (Å²) in [6.45, 7) is 0. The summed E-state index contributed by atoms with van der Waals surface area (Å²) in [5.41, 5.74) is 1.02. The molecule has 0 bridgehead atoms. The lowest BCUT2D eigenvalue weighted by molar-refractivity contribution is -0.137. The van der Waals surface area contributed by atoms with Gasteiger partial charge in [-0.3, -0.25) is 4.79 Å². The molecule has 3 rings (SSSR count). The zero-order valence-electron chi connectivity index (χ0n) is 14.9. The monoisotopic (exact) mass is 386 g/mol. The number of hydrogen-bond donors (Lipinski definition) is 2. The number of carbonyl (C=O) groups excluding carboxylic acids is 1. The Kier molecular flexibility index (Phi) is 5.54. The van der Waals surface area contributed by atoms with Gasteiger partial charge in [-0.15, -0.1) is 0 Å². The number of nitrogens with one attached hydrogen (secondary N) is 2. The molecule has 7 heteroatoms. The SMILES string of the molecule is COc1ccccc1NC(=O)c1ccccc1Nc1ccc(C(F)(F)F)cc1. The first-order valence-corrected chi connectivity index (χ1v) is 8.36. The van der Waals surface area contributed by atoms with E-state index in [-0.39, 0.29) is 5.91 Å². The van der Waals surface area contributed by atoms with Crippen LogP contribution in [0.5, 0.6) is 5.75 Å². The molecule has 0 unspecified atom stereocenters. The van der Waals surface area contributed by atoms with Gasteiger partial charge >= 0.3 is 6.18 Å². The Balaban J connectivity index is 1.82. The first-order valence-electron chi connectivity index (χ1n) is 8.36. The zero-order chi connectivity index (χ0) is 20.1. The second kappa shape index (κ2) is 8.04. The van der Waals surface area contributed by atoms with Crippen LogP contribution in [0.25, 0.3) is 0 Å². The van der Waals surface area contributed by atoms with Crippen LogP contribution in [0.3, 0.4) is 0 Å². The number of methoxy groups -OCH3 is 1. The van der Waals surface area contributed by atoms with Gasteiger partial charge in [0.25, 0.3) is 5.91 Å². The lowest BCUT2D eigenvalue weighted by atomic mass is 10.1. The molecule has 0 atom stereocenters. The molecule has 0 radical (unpaired) electrons. The number of carbonyl (C=O) groups is 1. The van der Waals surface area contributed by atoms with Crippen LogP contribution in [0.2, 0.25) is 0 Å². The van der Waals surface area contributed by atoms with Crippen molar-refractivity contribution >= 4 is 23.0 Å². The van der Waals surface area contributed by atoms with E-state index in [0.29, 0.717) is 28.4 Å².